The second-order valence-corrected chi connectivity index (χ2v) is 7.61. The van der Waals surface area contributed by atoms with Gasteiger partial charge in [-0.05, 0) is 57.3 Å². The molecule has 0 spiro atoms. The molecule has 3 saturated carbocycles. The molecule has 0 saturated heterocycles. The molecule has 1 amide bonds. The molecule has 4 heteroatoms. The summed E-state index contributed by atoms with van der Waals surface area (Å²) in [5, 5.41) is 9.11. The SMILES string of the molecule is O=C(O)C1CCC(C(=O)N(CC2CC2)C2CCCCC2)CC1. The Bertz CT molecular complexity index is 405. The predicted molar refractivity (Wildman–Crippen MR) is 84.4 cm³/mol. The van der Waals surface area contributed by atoms with E-state index >= 15 is 0 Å². The molecule has 0 aromatic heterocycles. The fourth-order valence-corrected chi connectivity index (χ4v) is 4.21. The van der Waals surface area contributed by atoms with E-state index in [1.165, 1.54) is 44.9 Å². The fraction of sp³-hybridized carbons (Fsp3) is 0.889. The Labute approximate surface area is 133 Å². The number of aliphatic carboxylic acids is 1. The molecule has 4 nitrogen and oxygen atoms in total. The van der Waals surface area contributed by atoms with E-state index in [1.54, 1.807) is 0 Å². The van der Waals surface area contributed by atoms with Crippen LogP contribution in [0.25, 0.3) is 0 Å². The summed E-state index contributed by atoms with van der Waals surface area (Å²) >= 11 is 0. The first kappa shape index (κ1) is 15.8. The molecule has 0 unspecified atom stereocenters. The van der Waals surface area contributed by atoms with Gasteiger partial charge >= 0.3 is 5.97 Å². The Morgan fingerprint density at radius 3 is 1.95 bits per heavy atom. The summed E-state index contributed by atoms with van der Waals surface area (Å²) in [4.78, 5) is 26.3. The van der Waals surface area contributed by atoms with Gasteiger partial charge in [-0.15, -0.1) is 0 Å². The molecule has 124 valence electrons. The van der Waals surface area contributed by atoms with Gasteiger partial charge in [0.1, 0.15) is 0 Å². The zero-order chi connectivity index (χ0) is 15.5. The van der Waals surface area contributed by atoms with Crippen molar-refractivity contribution >= 4 is 11.9 Å². The van der Waals surface area contributed by atoms with E-state index < -0.39 is 5.97 Å². The lowest BCUT2D eigenvalue weighted by Crippen LogP contribution is -2.46. The van der Waals surface area contributed by atoms with Crippen molar-refractivity contribution < 1.29 is 14.7 Å². The molecule has 22 heavy (non-hydrogen) atoms. The van der Waals surface area contributed by atoms with Crippen molar-refractivity contribution in [3.63, 3.8) is 0 Å². The van der Waals surface area contributed by atoms with Crippen LogP contribution in [0.1, 0.15) is 70.6 Å². The summed E-state index contributed by atoms with van der Waals surface area (Å²) in [5.74, 6) is 0.240. The summed E-state index contributed by atoms with van der Waals surface area (Å²) in [5.41, 5.74) is 0. The Kier molecular flexibility index (Phi) is 5.04. The van der Waals surface area contributed by atoms with Crippen molar-refractivity contribution in [2.24, 2.45) is 17.8 Å². The van der Waals surface area contributed by atoms with Crippen LogP contribution in [-0.4, -0.2) is 34.5 Å². The van der Waals surface area contributed by atoms with Crippen LogP contribution in [0.5, 0.6) is 0 Å². The van der Waals surface area contributed by atoms with E-state index in [1.807, 2.05) is 0 Å². The lowest BCUT2D eigenvalue weighted by atomic mass is 9.81. The number of nitrogens with zero attached hydrogens (tertiary/aromatic N) is 1. The predicted octanol–water partition coefficient (Wildman–Crippen LogP) is 3.45. The second-order valence-electron chi connectivity index (χ2n) is 7.61. The van der Waals surface area contributed by atoms with Gasteiger partial charge in [-0.2, -0.15) is 0 Å². The molecule has 3 fully saturated rings. The maximum absolute atomic E-state index is 13.0. The molecule has 1 N–H and O–H groups in total. The topological polar surface area (TPSA) is 57.6 Å². The van der Waals surface area contributed by atoms with Crippen molar-refractivity contribution in [1.29, 1.82) is 0 Å². The molecule has 0 bridgehead atoms. The fourth-order valence-electron chi connectivity index (χ4n) is 4.21. The Morgan fingerprint density at radius 2 is 1.41 bits per heavy atom. The summed E-state index contributed by atoms with van der Waals surface area (Å²) in [6, 6.07) is 0.457. The minimum atomic E-state index is -0.687. The molecule has 0 aromatic rings. The largest absolute Gasteiger partial charge is 0.481 e. The zero-order valence-corrected chi connectivity index (χ0v) is 13.5. The van der Waals surface area contributed by atoms with Gasteiger partial charge in [-0.3, -0.25) is 9.59 Å². The third-order valence-electron chi connectivity index (χ3n) is 5.88. The van der Waals surface area contributed by atoms with E-state index in [4.69, 9.17) is 5.11 Å². The number of carboxylic acid groups (broad SMARTS) is 1. The number of amides is 1. The van der Waals surface area contributed by atoms with E-state index in [9.17, 15) is 9.59 Å². The van der Waals surface area contributed by atoms with Crippen LogP contribution in [0.15, 0.2) is 0 Å². The number of hydrogen-bond acceptors (Lipinski definition) is 2. The van der Waals surface area contributed by atoms with E-state index in [0.29, 0.717) is 24.8 Å². The van der Waals surface area contributed by atoms with Crippen molar-refractivity contribution in [3.05, 3.63) is 0 Å². The van der Waals surface area contributed by atoms with Crippen LogP contribution in [0, 0.1) is 17.8 Å². The minimum absolute atomic E-state index is 0.0799. The molecule has 0 aromatic carbocycles. The maximum atomic E-state index is 13.0. The lowest BCUT2D eigenvalue weighted by Gasteiger charge is -2.38. The Balaban J connectivity index is 1.60. The van der Waals surface area contributed by atoms with Crippen LogP contribution in [0.3, 0.4) is 0 Å². The highest BCUT2D eigenvalue weighted by Crippen LogP contribution is 2.36. The highest BCUT2D eigenvalue weighted by molar-refractivity contribution is 5.80. The summed E-state index contributed by atoms with van der Waals surface area (Å²) in [6.45, 7) is 0.961. The van der Waals surface area contributed by atoms with Crippen molar-refractivity contribution in [1.82, 2.24) is 4.90 Å². The third-order valence-corrected chi connectivity index (χ3v) is 5.88. The van der Waals surface area contributed by atoms with Crippen LogP contribution in [-0.2, 0) is 9.59 Å². The van der Waals surface area contributed by atoms with Crippen LogP contribution >= 0.6 is 0 Å². The molecule has 0 aliphatic heterocycles. The van der Waals surface area contributed by atoms with Crippen molar-refractivity contribution in [2.75, 3.05) is 6.54 Å². The summed E-state index contributed by atoms with van der Waals surface area (Å²) < 4.78 is 0. The normalized spacial score (nSPS) is 30.0. The first-order valence-corrected chi connectivity index (χ1v) is 9.18. The molecule has 3 aliphatic rings. The average Bonchev–Trinajstić information content (AvgIpc) is 3.37. The molecule has 0 heterocycles. The molecule has 3 aliphatic carbocycles. The second kappa shape index (κ2) is 7.01. The first-order chi connectivity index (χ1) is 10.6. The molecule has 0 atom stereocenters. The molecule has 0 radical (unpaired) electrons. The molecule has 3 rings (SSSR count). The zero-order valence-electron chi connectivity index (χ0n) is 13.5. The maximum Gasteiger partial charge on any atom is 0.306 e. The van der Waals surface area contributed by atoms with Crippen molar-refractivity contribution in [3.8, 4) is 0 Å². The highest BCUT2D eigenvalue weighted by Gasteiger charge is 2.37. The van der Waals surface area contributed by atoms with Gasteiger partial charge in [-0.1, -0.05) is 19.3 Å². The van der Waals surface area contributed by atoms with Gasteiger partial charge in [0.2, 0.25) is 5.91 Å². The summed E-state index contributed by atoms with van der Waals surface area (Å²) in [6.07, 6.45) is 11.6. The van der Waals surface area contributed by atoms with Gasteiger partial charge in [0.05, 0.1) is 5.92 Å². The molecular formula is C18H29NO3. The number of carboxylic acids is 1. The van der Waals surface area contributed by atoms with E-state index in [0.717, 1.165) is 25.3 Å². The first-order valence-electron chi connectivity index (χ1n) is 9.18. The van der Waals surface area contributed by atoms with Crippen LogP contribution < -0.4 is 0 Å². The van der Waals surface area contributed by atoms with Gasteiger partial charge < -0.3 is 10.0 Å². The number of hydrogen-bond donors (Lipinski definition) is 1. The standard InChI is InChI=1S/C18H29NO3/c20-17(14-8-10-15(11-9-14)18(21)22)19(12-13-6-7-13)16-4-2-1-3-5-16/h13-16H,1-12H2,(H,21,22). The van der Waals surface area contributed by atoms with Gasteiger partial charge in [0, 0.05) is 18.5 Å². The van der Waals surface area contributed by atoms with Crippen LogP contribution in [0.2, 0.25) is 0 Å². The minimum Gasteiger partial charge on any atom is -0.481 e. The van der Waals surface area contributed by atoms with E-state index in [2.05, 4.69) is 4.90 Å². The smallest absolute Gasteiger partial charge is 0.306 e. The Morgan fingerprint density at radius 1 is 0.818 bits per heavy atom. The lowest BCUT2D eigenvalue weighted by molar-refractivity contribution is -0.146. The monoisotopic (exact) mass is 307 g/mol. The number of carbonyl (C=O) groups is 2. The van der Waals surface area contributed by atoms with Gasteiger partial charge in [-0.25, -0.2) is 0 Å². The van der Waals surface area contributed by atoms with Crippen molar-refractivity contribution in [2.45, 2.75) is 76.7 Å². The number of rotatable bonds is 5. The van der Waals surface area contributed by atoms with Gasteiger partial charge in [0.15, 0.2) is 0 Å². The average molecular weight is 307 g/mol. The quantitative estimate of drug-likeness (QED) is 0.846. The van der Waals surface area contributed by atoms with Gasteiger partial charge in [0.25, 0.3) is 0 Å². The van der Waals surface area contributed by atoms with Crippen LogP contribution in [0.4, 0.5) is 0 Å². The highest BCUT2D eigenvalue weighted by atomic mass is 16.4. The number of carbonyl (C=O) groups excluding carboxylic acids is 1. The molecular weight excluding hydrogens is 278 g/mol. The third kappa shape index (κ3) is 3.82. The summed E-state index contributed by atoms with van der Waals surface area (Å²) in [7, 11) is 0. The van der Waals surface area contributed by atoms with E-state index in [-0.39, 0.29) is 11.8 Å². The Hall–Kier alpha value is -1.06.